The van der Waals surface area contributed by atoms with Gasteiger partial charge in [-0.05, 0) is 18.9 Å². The molecule has 0 radical (unpaired) electrons. The molecular weight excluding hydrogens is 176 g/mol. The molecule has 3 heteroatoms. The van der Waals surface area contributed by atoms with Gasteiger partial charge in [0.25, 0.3) is 0 Å². The first-order valence-electron chi connectivity index (χ1n) is 4.63. The van der Waals surface area contributed by atoms with Gasteiger partial charge in [0.2, 0.25) is 5.91 Å². The number of nitrogens with zero attached hydrogens (tertiary/aromatic N) is 1. The first-order chi connectivity index (χ1) is 6.83. The Bertz CT molecular complexity index is 306. The molecule has 1 aromatic carbocycles. The number of benzene rings is 1. The summed E-state index contributed by atoms with van der Waals surface area (Å²) in [6.07, 6.45) is 2.79. The fourth-order valence-electron chi connectivity index (χ4n) is 1.09. The third-order valence-electron chi connectivity index (χ3n) is 1.80. The van der Waals surface area contributed by atoms with Crippen LogP contribution >= 0.6 is 0 Å². The molecule has 1 N–H and O–H groups in total. The lowest BCUT2D eigenvalue weighted by atomic mass is 10.1. The Morgan fingerprint density at radius 1 is 1.43 bits per heavy atom. The van der Waals surface area contributed by atoms with Crippen LogP contribution in [-0.4, -0.2) is 12.1 Å². The molecule has 0 saturated carbocycles. The van der Waals surface area contributed by atoms with Crippen LogP contribution in [0.5, 0.6) is 0 Å². The Morgan fingerprint density at radius 2 is 2.14 bits per heavy atom. The maximum absolute atomic E-state index is 11.2. The predicted molar refractivity (Wildman–Crippen MR) is 57.1 cm³/mol. The van der Waals surface area contributed by atoms with Crippen molar-refractivity contribution in [3.8, 4) is 0 Å². The number of carbonyl (C=O) groups is 1. The van der Waals surface area contributed by atoms with Gasteiger partial charge in [-0.3, -0.25) is 4.79 Å². The molecule has 1 amide bonds. The van der Waals surface area contributed by atoms with E-state index in [4.69, 9.17) is 0 Å². The third-order valence-corrected chi connectivity index (χ3v) is 1.80. The summed E-state index contributed by atoms with van der Waals surface area (Å²) >= 11 is 0. The number of carbonyl (C=O) groups excluding carboxylic acids is 1. The van der Waals surface area contributed by atoms with Crippen molar-refractivity contribution < 1.29 is 4.79 Å². The Morgan fingerprint density at radius 3 is 2.79 bits per heavy atom. The normalized spacial score (nSPS) is 10.4. The minimum atomic E-state index is -0.0491. The molecule has 0 heterocycles. The zero-order valence-corrected chi connectivity index (χ0v) is 8.23. The van der Waals surface area contributed by atoms with E-state index in [1.54, 1.807) is 13.1 Å². The summed E-state index contributed by atoms with van der Waals surface area (Å²) in [5.74, 6) is -0.0491. The second-order valence-corrected chi connectivity index (χ2v) is 2.91. The van der Waals surface area contributed by atoms with Crippen LogP contribution in [0.2, 0.25) is 0 Å². The van der Waals surface area contributed by atoms with Crippen LogP contribution in [0.3, 0.4) is 0 Å². The van der Waals surface area contributed by atoms with Crippen molar-refractivity contribution in [3.63, 3.8) is 0 Å². The maximum atomic E-state index is 11.2. The monoisotopic (exact) mass is 190 g/mol. The molecule has 3 nitrogen and oxygen atoms in total. The van der Waals surface area contributed by atoms with E-state index in [0.29, 0.717) is 6.42 Å². The highest BCUT2D eigenvalue weighted by atomic mass is 16.2. The number of nitrogens with one attached hydrogen (secondary N) is 1. The highest BCUT2D eigenvalue weighted by molar-refractivity contribution is 5.76. The molecular formula is C11H14N2O. The van der Waals surface area contributed by atoms with Crippen LogP contribution in [0.1, 0.15) is 18.9 Å². The van der Waals surface area contributed by atoms with E-state index in [2.05, 4.69) is 10.5 Å². The lowest BCUT2D eigenvalue weighted by Crippen LogP contribution is -2.17. The molecule has 0 fully saturated rings. The molecule has 1 aromatic rings. The molecule has 0 atom stereocenters. The number of aryl methyl sites for hydroxylation is 1. The minimum Gasteiger partial charge on any atom is -0.273 e. The topological polar surface area (TPSA) is 41.5 Å². The van der Waals surface area contributed by atoms with Crippen molar-refractivity contribution in [1.29, 1.82) is 0 Å². The third kappa shape index (κ3) is 3.85. The highest BCUT2D eigenvalue weighted by Gasteiger charge is 1.99. The van der Waals surface area contributed by atoms with Gasteiger partial charge in [-0.25, -0.2) is 5.43 Å². The first kappa shape index (κ1) is 10.4. The quantitative estimate of drug-likeness (QED) is 0.570. The number of amides is 1. The molecule has 0 aliphatic rings. The van der Waals surface area contributed by atoms with E-state index in [-0.39, 0.29) is 5.91 Å². The van der Waals surface area contributed by atoms with Gasteiger partial charge in [0.05, 0.1) is 0 Å². The lowest BCUT2D eigenvalue weighted by molar-refractivity contribution is -0.121. The highest BCUT2D eigenvalue weighted by Crippen LogP contribution is 2.01. The summed E-state index contributed by atoms with van der Waals surface area (Å²) in [7, 11) is 0. The molecule has 0 aromatic heterocycles. The second kappa shape index (κ2) is 5.91. The predicted octanol–water partition coefficient (Wildman–Crippen LogP) is 1.74. The van der Waals surface area contributed by atoms with Crippen molar-refractivity contribution in [2.24, 2.45) is 5.10 Å². The fraction of sp³-hybridized carbons (Fsp3) is 0.273. The van der Waals surface area contributed by atoms with Crippen molar-refractivity contribution in [2.45, 2.75) is 19.8 Å². The molecule has 74 valence electrons. The lowest BCUT2D eigenvalue weighted by Gasteiger charge is -1.99. The largest absolute Gasteiger partial charge is 0.273 e. The number of hydrazone groups is 1. The Balaban J connectivity index is 2.31. The maximum Gasteiger partial charge on any atom is 0.240 e. The van der Waals surface area contributed by atoms with Gasteiger partial charge in [0.1, 0.15) is 0 Å². The van der Waals surface area contributed by atoms with Crippen LogP contribution in [-0.2, 0) is 11.2 Å². The molecule has 0 aliphatic carbocycles. The van der Waals surface area contributed by atoms with E-state index in [0.717, 1.165) is 6.42 Å². The van der Waals surface area contributed by atoms with Crippen LogP contribution in [0.4, 0.5) is 0 Å². The standard InChI is InChI=1S/C11H14N2O/c1-2-12-13-11(14)9-8-10-6-4-3-5-7-10/h2-7H,8-9H2,1H3,(H,13,14)/b12-2-. The van der Waals surface area contributed by atoms with Crippen LogP contribution in [0.25, 0.3) is 0 Å². The molecule has 0 aliphatic heterocycles. The van der Waals surface area contributed by atoms with Gasteiger partial charge in [0.15, 0.2) is 0 Å². The number of rotatable bonds is 4. The summed E-state index contributed by atoms with van der Waals surface area (Å²) in [5, 5.41) is 3.66. The van der Waals surface area contributed by atoms with Crippen molar-refractivity contribution >= 4 is 12.1 Å². The number of hydrogen-bond acceptors (Lipinski definition) is 2. The van der Waals surface area contributed by atoms with Gasteiger partial charge < -0.3 is 0 Å². The molecule has 0 unspecified atom stereocenters. The van der Waals surface area contributed by atoms with E-state index >= 15 is 0 Å². The van der Waals surface area contributed by atoms with Crippen LogP contribution in [0, 0.1) is 0 Å². The smallest absolute Gasteiger partial charge is 0.240 e. The van der Waals surface area contributed by atoms with E-state index in [1.807, 2.05) is 30.3 Å². The summed E-state index contributed by atoms with van der Waals surface area (Å²) < 4.78 is 0. The molecule has 14 heavy (non-hydrogen) atoms. The van der Waals surface area contributed by atoms with Crippen LogP contribution in [0.15, 0.2) is 35.4 Å². The van der Waals surface area contributed by atoms with Gasteiger partial charge >= 0.3 is 0 Å². The molecule has 0 spiro atoms. The van der Waals surface area contributed by atoms with E-state index in [1.165, 1.54) is 5.56 Å². The molecule has 0 bridgehead atoms. The molecule has 0 saturated heterocycles. The van der Waals surface area contributed by atoms with Crippen molar-refractivity contribution in [3.05, 3.63) is 35.9 Å². The summed E-state index contributed by atoms with van der Waals surface area (Å²) in [4.78, 5) is 11.2. The SMILES string of the molecule is C/C=N\NC(=O)CCc1ccccc1. The van der Waals surface area contributed by atoms with Crippen molar-refractivity contribution in [2.75, 3.05) is 0 Å². The number of hydrogen-bond donors (Lipinski definition) is 1. The van der Waals surface area contributed by atoms with Gasteiger partial charge in [-0.15, -0.1) is 0 Å². The average Bonchev–Trinajstić information content (AvgIpc) is 2.25. The zero-order chi connectivity index (χ0) is 10.2. The van der Waals surface area contributed by atoms with Gasteiger partial charge in [-0.1, -0.05) is 30.3 Å². The van der Waals surface area contributed by atoms with E-state index in [9.17, 15) is 4.79 Å². The fourth-order valence-corrected chi connectivity index (χ4v) is 1.09. The van der Waals surface area contributed by atoms with Crippen molar-refractivity contribution in [1.82, 2.24) is 5.43 Å². The van der Waals surface area contributed by atoms with Gasteiger partial charge in [0, 0.05) is 12.6 Å². The minimum absolute atomic E-state index is 0.0491. The molecule has 1 rings (SSSR count). The van der Waals surface area contributed by atoms with E-state index < -0.39 is 0 Å². The second-order valence-electron chi connectivity index (χ2n) is 2.91. The Kier molecular flexibility index (Phi) is 4.41. The summed E-state index contributed by atoms with van der Waals surface area (Å²) in [5.41, 5.74) is 3.60. The van der Waals surface area contributed by atoms with Crippen LogP contribution < -0.4 is 5.43 Å². The zero-order valence-electron chi connectivity index (χ0n) is 8.23. The first-order valence-corrected chi connectivity index (χ1v) is 4.63. The summed E-state index contributed by atoms with van der Waals surface area (Å²) in [6.45, 7) is 1.76. The summed E-state index contributed by atoms with van der Waals surface area (Å²) in [6, 6.07) is 9.92. The Labute approximate surface area is 83.8 Å². The average molecular weight is 190 g/mol. The Hall–Kier alpha value is -1.64. The van der Waals surface area contributed by atoms with Gasteiger partial charge in [-0.2, -0.15) is 5.10 Å².